The molecule has 0 unspecified atom stereocenters. The van der Waals surface area contributed by atoms with E-state index in [1.165, 1.54) is 0 Å². The van der Waals surface area contributed by atoms with Crippen molar-refractivity contribution in [3.8, 4) is 0 Å². The van der Waals surface area contributed by atoms with Gasteiger partial charge in [0.05, 0.1) is 11.8 Å². The minimum Gasteiger partial charge on any atom is -0.469 e. The monoisotopic (exact) mass is 371 g/mol. The van der Waals surface area contributed by atoms with Gasteiger partial charge in [-0.3, -0.25) is 9.69 Å². The first kappa shape index (κ1) is 18.2. The van der Waals surface area contributed by atoms with Crippen LogP contribution in [0.5, 0.6) is 0 Å². The van der Waals surface area contributed by atoms with Crippen LogP contribution in [0.3, 0.4) is 0 Å². The lowest BCUT2D eigenvalue weighted by Crippen LogP contribution is -2.38. The van der Waals surface area contributed by atoms with E-state index in [9.17, 15) is 4.79 Å². The van der Waals surface area contributed by atoms with E-state index in [0.717, 1.165) is 63.6 Å². The van der Waals surface area contributed by atoms with Crippen molar-refractivity contribution in [2.45, 2.75) is 58.5 Å². The van der Waals surface area contributed by atoms with Crippen LogP contribution in [-0.2, 0) is 13.0 Å². The quantitative estimate of drug-likeness (QED) is 0.829. The van der Waals surface area contributed by atoms with Crippen LogP contribution in [0, 0.1) is 6.92 Å². The summed E-state index contributed by atoms with van der Waals surface area (Å²) in [7, 11) is 0. The molecule has 1 saturated heterocycles. The zero-order valence-electron chi connectivity index (χ0n) is 16.5. The average Bonchev–Trinajstić information content (AvgIpc) is 3.21. The molecule has 2 aliphatic rings. The van der Waals surface area contributed by atoms with Crippen LogP contribution in [0.1, 0.15) is 60.4 Å². The predicted molar refractivity (Wildman–Crippen MR) is 102 cm³/mol. The number of aryl methyl sites for hydroxylation is 1. The van der Waals surface area contributed by atoms with Crippen molar-refractivity contribution in [1.29, 1.82) is 0 Å². The Labute approximate surface area is 160 Å². The molecule has 0 aromatic carbocycles. The predicted octanol–water partition coefficient (Wildman–Crippen LogP) is 2.47. The van der Waals surface area contributed by atoms with Gasteiger partial charge in [0.25, 0.3) is 5.91 Å². The molecule has 1 amide bonds. The summed E-state index contributed by atoms with van der Waals surface area (Å²) >= 11 is 0. The van der Waals surface area contributed by atoms with Crippen molar-refractivity contribution >= 4 is 5.91 Å². The maximum absolute atomic E-state index is 12.7. The highest BCUT2D eigenvalue weighted by atomic mass is 16.3. The first-order valence-electron chi connectivity index (χ1n) is 10.0. The fraction of sp³-hybridized carbons (Fsp3) is 0.650. The molecule has 0 N–H and O–H groups in total. The minimum atomic E-state index is 0.0762. The van der Waals surface area contributed by atoms with Gasteiger partial charge in [0.1, 0.15) is 17.4 Å². The maximum Gasteiger partial charge on any atom is 0.257 e. The fourth-order valence-electron chi connectivity index (χ4n) is 4.30. The van der Waals surface area contributed by atoms with Crippen LogP contribution in [0.2, 0.25) is 0 Å². The minimum absolute atomic E-state index is 0.0762. The number of rotatable bonds is 3. The standard InChI is InChI=1S/C20H29N5O2/c1-14(2)23-10-6-18-21-22-19(25(18)12-11-23)16-4-8-24(9-5-16)20(26)17-7-13-27-15(17)3/h7,13-14,16H,4-6,8-12H2,1-3H3. The average molecular weight is 371 g/mol. The molecule has 0 saturated carbocycles. The Morgan fingerprint density at radius 1 is 1.15 bits per heavy atom. The lowest BCUT2D eigenvalue weighted by molar-refractivity contribution is 0.0708. The number of hydrogen-bond acceptors (Lipinski definition) is 5. The molecule has 2 aliphatic heterocycles. The Morgan fingerprint density at radius 2 is 1.93 bits per heavy atom. The van der Waals surface area contributed by atoms with E-state index >= 15 is 0 Å². The van der Waals surface area contributed by atoms with Gasteiger partial charge in [-0.25, -0.2) is 0 Å². The van der Waals surface area contributed by atoms with Crippen molar-refractivity contribution in [2.24, 2.45) is 0 Å². The zero-order chi connectivity index (χ0) is 19.0. The van der Waals surface area contributed by atoms with Crippen LogP contribution in [0.4, 0.5) is 0 Å². The van der Waals surface area contributed by atoms with Crippen molar-refractivity contribution in [3.63, 3.8) is 0 Å². The number of hydrogen-bond donors (Lipinski definition) is 0. The SMILES string of the molecule is Cc1occc1C(=O)N1CCC(c2nnc3n2CCN(C(C)C)CC3)CC1. The molecule has 146 valence electrons. The van der Waals surface area contributed by atoms with E-state index in [-0.39, 0.29) is 5.91 Å². The summed E-state index contributed by atoms with van der Waals surface area (Å²) < 4.78 is 7.62. The third kappa shape index (κ3) is 3.52. The van der Waals surface area contributed by atoms with Gasteiger partial charge in [-0.15, -0.1) is 10.2 Å². The van der Waals surface area contributed by atoms with Gasteiger partial charge < -0.3 is 13.9 Å². The van der Waals surface area contributed by atoms with Gasteiger partial charge in [0.2, 0.25) is 0 Å². The molecule has 2 aromatic heterocycles. The summed E-state index contributed by atoms with van der Waals surface area (Å²) in [4.78, 5) is 17.1. The van der Waals surface area contributed by atoms with Crippen LogP contribution in [0.15, 0.2) is 16.7 Å². The van der Waals surface area contributed by atoms with Gasteiger partial charge >= 0.3 is 0 Å². The highest BCUT2D eigenvalue weighted by Gasteiger charge is 2.30. The first-order valence-corrected chi connectivity index (χ1v) is 10.0. The molecule has 2 aromatic rings. The van der Waals surface area contributed by atoms with E-state index in [1.54, 1.807) is 12.3 Å². The summed E-state index contributed by atoms with van der Waals surface area (Å²) in [6, 6.07) is 2.33. The maximum atomic E-state index is 12.7. The second-order valence-electron chi connectivity index (χ2n) is 7.96. The van der Waals surface area contributed by atoms with Gasteiger partial charge in [-0.1, -0.05) is 0 Å². The van der Waals surface area contributed by atoms with E-state index in [1.807, 2.05) is 11.8 Å². The molecular weight excluding hydrogens is 342 g/mol. The third-order valence-electron chi connectivity index (χ3n) is 6.06. The zero-order valence-corrected chi connectivity index (χ0v) is 16.5. The summed E-state index contributed by atoms with van der Waals surface area (Å²) in [5.74, 6) is 3.38. The number of likely N-dealkylation sites (tertiary alicyclic amines) is 1. The molecular formula is C20H29N5O2. The molecule has 4 heterocycles. The van der Waals surface area contributed by atoms with Crippen molar-refractivity contribution < 1.29 is 9.21 Å². The number of nitrogens with zero attached hydrogens (tertiary/aromatic N) is 5. The van der Waals surface area contributed by atoms with E-state index in [0.29, 0.717) is 23.3 Å². The van der Waals surface area contributed by atoms with Gasteiger partial charge in [0.15, 0.2) is 0 Å². The Bertz CT molecular complexity index is 801. The summed E-state index contributed by atoms with van der Waals surface area (Å²) in [5, 5.41) is 9.03. The number of fused-ring (bicyclic) bond motifs is 1. The highest BCUT2D eigenvalue weighted by molar-refractivity contribution is 5.95. The number of carbonyl (C=O) groups is 1. The summed E-state index contributed by atoms with van der Waals surface area (Å²) in [6.07, 6.45) is 4.42. The molecule has 0 atom stereocenters. The number of amides is 1. The van der Waals surface area contributed by atoms with Crippen LogP contribution < -0.4 is 0 Å². The Balaban J connectivity index is 1.42. The third-order valence-corrected chi connectivity index (χ3v) is 6.06. The van der Waals surface area contributed by atoms with E-state index < -0.39 is 0 Å². The Morgan fingerprint density at radius 3 is 2.59 bits per heavy atom. The van der Waals surface area contributed by atoms with E-state index in [4.69, 9.17) is 4.42 Å². The lowest BCUT2D eigenvalue weighted by atomic mass is 9.95. The summed E-state index contributed by atoms with van der Waals surface area (Å²) in [5.41, 5.74) is 0.679. The van der Waals surface area contributed by atoms with Crippen LogP contribution >= 0.6 is 0 Å². The van der Waals surface area contributed by atoms with Crippen molar-refractivity contribution in [3.05, 3.63) is 35.3 Å². The highest BCUT2D eigenvalue weighted by Crippen LogP contribution is 2.29. The smallest absolute Gasteiger partial charge is 0.257 e. The number of piperidine rings is 1. The Kier molecular flexibility index (Phi) is 5.04. The van der Waals surface area contributed by atoms with Crippen molar-refractivity contribution in [1.82, 2.24) is 24.6 Å². The van der Waals surface area contributed by atoms with Crippen molar-refractivity contribution in [2.75, 3.05) is 26.2 Å². The first-order chi connectivity index (χ1) is 13.0. The van der Waals surface area contributed by atoms with Gasteiger partial charge in [-0.2, -0.15) is 0 Å². The Hall–Kier alpha value is -2.15. The summed E-state index contributed by atoms with van der Waals surface area (Å²) in [6.45, 7) is 10.9. The van der Waals surface area contributed by atoms with Gasteiger partial charge in [0, 0.05) is 51.1 Å². The van der Waals surface area contributed by atoms with E-state index in [2.05, 4.69) is 33.5 Å². The number of furan rings is 1. The second kappa shape index (κ2) is 7.46. The molecule has 7 nitrogen and oxygen atoms in total. The molecule has 7 heteroatoms. The molecule has 1 fully saturated rings. The van der Waals surface area contributed by atoms with Crippen LogP contribution in [0.25, 0.3) is 0 Å². The second-order valence-corrected chi connectivity index (χ2v) is 7.96. The van der Waals surface area contributed by atoms with Gasteiger partial charge in [-0.05, 0) is 39.7 Å². The molecule has 0 spiro atoms. The lowest BCUT2D eigenvalue weighted by Gasteiger charge is -2.31. The molecule has 27 heavy (non-hydrogen) atoms. The van der Waals surface area contributed by atoms with Crippen LogP contribution in [-0.4, -0.2) is 62.7 Å². The number of carbonyl (C=O) groups excluding carboxylic acids is 1. The largest absolute Gasteiger partial charge is 0.469 e. The molecule has 0 aliphatic carbocycles. The molecule has 4 rings (SSSR count). The fourth-order valence-corrected chi connectivity index (χ4v) is 4.30. The topological polar surface area (TPSA) is 67.4 Å². The number of aromatic nitrogens is 3. The molecule has 0 bridgehead atoms. The molecule has 0 radical (unpaired) electrons. The normalized spacial score (nSPS) is 19.3.